The molecule has 0 aliphatic carbocycles. The van der Waals surface area contributed by atoms with E-state index < -0.39 is 0 Å². The van der Waals surface area contributed by atoms with Crippen molar-refractivity contribution in [2.75, 3.05) is 6.54 Å². The molecule has 1 aromatic heterocycles. The van der Waals surface area contributed by atoms with E-state index in [0.717, 1.165) is 34.9 Å². The lowest BCUT2D eigenvalue weighted by Crippen LogP contribution is -2.26. The summed E-state index contributed by atoms with van der Waals surface area (Å²) in [6.45, 7) is 4.81. The Morgan fingerprint density at radius 2 is 1.88 bits per heavy atom. The molecule has 124 valence electrons. The third-order valence-electron chi connectivity index (χ3n) is 4.50. The van der Waals surface area contributed by atoms with E-state index in [1.165, 1.54) is 11.1 Å². The molecule has 2 aromatic carbocycles. The molecule has 1 N–H and O–H groups in total. The molecule has 0 radical (unpaired) electrons. The number of amides is 1. The molecule has 0 saturated heterocycles. The van der Waals surface area contributed by atoms with Crippen LogP contribution in [-0.2, 0) is 17.6 Å². The van der Waals surface area contributed by atoms with E-state index >= 15 is 0 Å². The molecule has 0 saturated carbocycles. The molecule has 3 rings (SSSR count). The van der Waals surface area contributed by atoms with Crippen LogP contribution in [-0.4, -0.2) is 12.5 Å². The first-order chi connectivity index (χ1) is 11.6. The first-order valence-electron chi connectivity index (χ1n) is 8.42. The van der Waals surface area contributed by atoms with Gasteiger partial charge in [0.2, 0.25) is 5.91 Å². The SMILES string of the molecule is Cc1ccc2c(CC(=O)NCCCc3ccccc3)coc2c1C. The minimum Gasteiger partial charge on any atom is -0.464 e. The average Bonchev–Trinajstić information content (AvgIpc) is 2.99. The van der Waals surface area contributed by atoms with Crippen LogP contribution in [0.25, 0.3) is 11.0 Å². The van der Waals surface area contributed by atoms with Gasteiger partial charge in [-0.05, 0) is 43.4 Å². The van der Waals surface area contributed by atoms with Crippen molar-refractivity contribution in [1.82, 2.24) is 5.32 Å². The molecule has 3 nitrogen and oxygen atoms in total. The molecule has 0 unspecified atom stereocenters. The largest absolute Gasteiger partial charge is 0.464 e. The first-order valence-corrected chi connectivity index (χ1v) is 8.42. The molecule has 0 aliphatic rings. The van der Waals surface area contributed by atoms with Gasteiger partial charge in [-0.25, -0.2) is 0 Å². The lowest BCUT2D eigenvalue weighted by atomic mass is 10.0. The number of fused-ring (bicyclic) bond motifs is 1. The van der Waals surface area contributed by atoms with Crippen LogP contribution in [0.3, 0.4) is 0 Å². The number of aryl methyl sites for hydroxylation is 3. The summed E-state index contributed by atoms with van der Waals surface area (Å²) in [6.07, 6.45) is 4.00. The predicted molar refractivity (Wildman–Crippen MR) is 97.2 cm³/mol. The maximum absolute atomic E-state index is 12.2. The average molecular weight is 321 g/mol. The monoisotopic (exact) mass is 321 g/mol. The smallest absolute Gasteiger partial charge is 0.224 e. The van der Waals surface area contributed by atoms with E-state index in [9.17, 15) is 4.79 Å². The van der Waals surface area contributed by atoms with Crippen molar-refractivity contribution >= 4 is 16.9 Å². The Morgan fingerprint density at radius 1 is 1.08 bits per heavy atom. The Bertz CT molecular complexity index is 834. The van der Waals surface area contributed by atoms with Gasteiger partial charge in [-0.15, -0.1) is 0 Å². The molecule has 1 heterocycles. The number of hydrogen-bond donors (Lipinski definition) is 1. The van der Waals surface area contributed by atoms with Gasteiger partial charge in [0.15, 0.2) is 0 Å². The van der Waals surface area contributed by atoms with Gasteiger partial charge in [0.05, 0.1) is 12.7 Å². The third-order valence-corrected chi connectivity index (χ3v) is 4.50. The quantitative estimate of drug-likeness (QED) is 0.686. The second-order valence-electron chi connectivity index (χ2n) is 6.26. The fourth-order valence-electron chi connectivity index (χ4n) is 2.93. The van der Waals surface area contributed by atoms with Crippen LogP contribution >= 0.6 is 0 Å². The highest BCUT2D eigenvalue weighted by Gasteiger charge is 2.12. The highest BCUT2D eigenvalue weighted by Crippen LogP contribution is 2.26. The number of nitrogens with one attached hydrogen (secondary N) is 1. The van der Waals surface area contributed by atoms with E-state index in [1.54, 1.807) is 6.26 Å². The second-order valence-corrected chi connectivity index (χ2v) is 6.26. The van der Waals surface area contributed by atoms with Crippen molar-refractivity contribution < 1.29 is 9.21 Å². The van der Waals surface area contributed by atoms with Crippen molar-refractivity contribution in [3.63, 3.8) is 0 Å². The Kier molecular flexibility index (Phi) is 4.99. The first kappa shape index (κ1) is 16.3. The molecule has 3 aromatic rings. The molecule has 24 heavy (non-hydrogen) atoms. The van der Waals surface area contributed by atoms with Gasteiger partial charge in [0.25, 0.3) is 0 Å². The van der Waals surface area contributed by atoms with Gasteiger partial charge in [-0.1, -0.05) is 42.5 Å². The summed E-state index contributed by atoms with van der Waals surface area (Å²) in [5.41, 5.74) is 5.49. The molecule has 0 aliphatic heterocycles. The highest BCUT2D eigenvalue weighted by atomic mass is 16.3. The maximum Gasteiger partial charge on any atom is 0.224 e. The minimum absolute atomic E-state index is 0.0454. The van der Waals surface area contributed by atoms with Gasteiger partial charge in [0.1, 0.15) is 5.58 Å². The van der Waals surface area contributed by atoms with Crippen LogP contribution in [0.15, 0.2) is 53.1 Å². The lowest BCUT2D eigenvalue weighted by molar-refractivity contribution is -0.120. The summed E-state index contributed by atoms with van der Waals surface area (Å²) in [5.74, 6) is 0.0454. The fraction of sp³-hybridized carbons (Fsp3) is 0.286. The normalized spacial score (nSPS) is 10.9. The predicted octanol–water partition coefficient (Wildman–Crippen LogP) is 4.34. The topological polar surface area (TPSA) is 42.2 Å². The number of hydrogen-bond acceptors (Lipinski definition) is 2. The van der Waals surface area contributed by atoms with E-state index in [-0.39, 0.29) is 5.91 Å². The van der Waals surface area contributed by atoms with Crippen LogP contribution in [0.5, 0.6) is 0 Å². The molecular weight excluding hydrogens is 298 g/mol. The van der Waals surface area contributed by atoms with Crippen molar-refractivity contribution in [3.8, 4) is 0 Å². The summed E-state index contributed by atoms with van der Waals surface area (Å²) in [6, 6.07) is 14.5. The van der Waals surface area contributed by atoms with E-state index in [2.05, 4.69) is 37.4 Å². The van der Waals surface area contributed by atoms with Crippen molar-refractivity contribution in [2.24, 2.45) is 0 Å². The van der Waals surface area contributed by atoms with Gasteiger partial charge in [-0.3, -0.25) is 4.79 Å². The van der Waals surface area contributed by atoms with Crippen LogP contribution < -0.4 is 5.32 Å². The number of carbonyl (C=O) groups is 1. The summed E-state index contributed by atoms with van der Waals surface area (Å²) < 4.78 is 5.67. The number of carbonyl (C=O) groups excluding carboxylic acids is 1. The van der Waals surface area contributed by atoms with Crippen LogP contribution in [0.2, 0.25) is 0 Å². The Labute approximate surface area is 142 Å². The van der Waals surface area contributed by atoms with Gasteiger partial charge < -0.3 is 9.73 Å². The summed E-state index contributed by atoms with van der Waals surface area (Å²) >= 11 is 0. The van der Waals surface area contributed by atoms with Crippen molar-refractivity contribution in [3.05, 3.63) is 71.0 Å². The van der Waals surface area contributed by atoms with Gasteiger partial charge in [0, 0.05) is 17.5 Å². The maximum atomic E-state index is 12.2. The molecule has 0 spiro atoms. The highest BCUT2D eigenvalue weighted by molar-refractivity contribution is 5.89. The number of benzene rings is 2. The van der Waals surface area contributed by atoms with Crippen molar-refractivity contribution in [2.45, 2.75) is 33.1 Å². The van der Waals surface area contributed by atoms with Gasteiger partial charge >= 0.3 is 0 Å². The number of furan rings is 1. The second kappa shape index (κ2) is 7.35. The lowest BCUT2D eigenvalue weighted by Gasteiger charge is -2.05. The Hall–Kier alpha value is -2.55. The molecule has 0 atom stereocenters. The third kappa shape index (κ3) is 3.67. The zero-order valence-corrected chi connectivity index (χ0v) is 14.3. The summed E-state index contributed by atoms with van der Waals surface area (Å²) in [5, 5.41) is 4.04. The van der Waals surface area contributed by atoms with E-state index in [0.29, 0.717) is 13.0 Å². The summed E-state index contributed by atoms with van der Waals surface area (Å²) in [7, 11) is 0. The minimum atomic E-state index is 0.0454. The van der Waals surface area contributed by atoms with Gasteiger partial charge in [-0.2, -0.15) is 0 Å². The molecular formula is C21H23NO2. The number of rotatable bonds is 6. The Balaban J connectivity index is 1.53. The standard InChI is InChI=1S/C21H23NO2/c1-15-10-11-19-18(14-24-21(19)16(15)2)13-20(23)22-12-6-9-17-7-4-3-5-8-17/h3-5,7-8,10-11,14H,6,9,12-13H2,1-2H3,(H,22,23). The molecule has 0 bridgehead atoms. The van der Waals surface area contributed by atoms with Crippen LogP contribution in [0, 0.1) is 13.8 Å². The van der Waals surface area contributed by atoms with E-state index in [1.807, 2.05) is 24.3 Å². The Morgan fingerprint density at radius 3 is 2.67 bits per heavy atom. The summed E-state index contributed by atoms with van der Waals surface area (Å²) in [4.78, 5) is 12.2. The van der Waals surface area contributed by atoms with E-state index in [4.69, 9.17) is 4.42 Å². The van der Waals surface area contributed by atoms with Crippen LogP contribution in [0.4, 0.5) is 0 Å². The van der Waals surface area contributed by atoms with Crippen LogP contribution in [0.1, 0.15) is 28.7 Å². The zero-order valence-electron chi connectivity index (χ0n) is 14.3. The molecule has 1 amide bonds. The molecule has 0 fully saturated rings. The van der Waals surface area contributed by atoms with Crippen molar-refractivity contribution in [1.29, 1.82) is 0 Å². The molecule has 3 heteroatoms. The zero-order chi connectivity index (χ0) is 16.9. The fourth-order valence-corrected chi connectivity index (χ4v) is 2.93.